The molecule has 13 heavy (non-hydrogen) atoms. The Labute approximate surface area is 79.9 Å². The number of rotatable bonds is 5. The van der Waals surface area contributed by atoms with E-state index >= 15 is 0 Å². The van der Waals surface area contributed by atoms with Crippen molar-refractivity contribution < 1.29 is 9.90 Å². The third-order valence-corrected chi connectivity index (χ3v) is 1.67. The third kappa shape index (κ3) is 5.47. The summed E-state index contributed by atoms with van der Waals surface area (Å²) in [4.78, 5) is 13.1. The number of amides is 2. The molecule has 0 saturated heterocycles. The zero-order valence-electron chi connectivity index (χ0n) is 8.71. The minimum absolute atomic E-state index is 0.0500. The van der Waals surface area contributed by atoms with Gasteiger partial charge in [0.25, 0.3) is 0 Å². The molecule has 0 aromatic carbocycles. The second-order valence-electron chi connectivity index (χ2n) is 3.26. The molecule has 2 amide bonds. The molecule has 0 radical (unpaired) electrons. The lowest BCUT2D eigenvalue weighted by Gasteiger charge is -2.22. The fourth-order valence-corrected chi connectivity index (χ4v) is 1.00. The van der Waals surface area contributed by atoms with Crippen molar-refractivity contribution in [2.75, 3.05) is 19.7 Å². The van der Waals surface area contributed by atoms with Crippen molar-refractivity contribution in [3.05, 3.63) is 0 Å². The van der Waals surface area contributed by atoms with Crippen LogP contribution >= 0.6 is 0 Å². The molecule has 0 bridgehead atoms. The number of aliphatic hydroxyl groups excluding tert-OH is 1. The van der Waals surface area contributed by atoms with E-state index in [1.165, 1.54) is 0 Å². The van der Waals surface area contributed by atoms with E-state index in [0.29, 0.717) is 19.5 Å². The minimum atomic E-state index is -0.0500. The van der Waals surface area contributed by atoms with Gasteiger partial charge in [-0.2, -0.15) is 0 Å². The maximum absolute atomic E-state index is 11.4. The maximum Gasteiger partial charge on any atom is 0.317 e. The van der Waals surface area contributed by atoms with Gasteiger partial charge in [0, 0.05) is 25.7 Å². The molecule has 4 nitrogen and oxygen atoms in total. The highest BCUT2D eigenvalue weighted by Gasteiger charge is 2.10. The molecule has 0 rings (SSSR count). The van der Waals surface area contributed by atoms with Gasteiger partial charge >= 0.3 is 6.03 Å². The van der Waals surface area contributed by atoms with Crippen LogP contribution in [0.25, 0.3) is 0 Å². The van der Waals surface area contributed by atoms with E-state index in [1.807, 2.05) is 20.8 Å². The normalized spacial score (nSPS) is 10.2. The molecule has 0 fully saturated rings. The molecule has 2 N–H and O–H groups in total. The lowest BCUT2D eigenvalue weighted by atomic mass is 10.4. The quantitative estimate of drug-likeness (QED) is 0.670. The number of carbonyl (C=O) groups excluding carboxylic acids is 1. The smallest absolute Gasteiger partial charge is 0.317 e. The van der Waals surface area contributed by atoms with E-state index < -0.39 is 0 Å². The number of hydrogen-bond acceptors (Lipinski definition) is 2. The van der Waals surface area contributed by atoms with E-state index in [4.69, 9.17) is 5.11 Å². The van der Waals surface area contributed by atoms with Crippen LogP contribution in [0.2, 0.25) is 0 Å². The highest BCUT2D eigenvalue weighted by molar-refractivity contribution is 5.74. The molecule has 0 aromatic heterocycles. The molecule has 0 heterocycles. The summed E-state index contributed by atoms with van der Waals surface area (Å²) in [5.74, 6) is 0. The molecule has 0 aliphatic heterocycles. The second-order valence-corrected chi connectivity index (χ2v) is 3.26. The summed E-state index contributed by atoms with van der Waals surface area (Å²) in [5, 5.41) is 11.4. The van der Waals surface area contributed by atoms with Gasteiger partial charge in [0.1, 0.15) is 0 Å². The molecular formula is C9H20N2O2. The summed E-state index contributed by atoms with van der Waals surface area (Å²) in [5.41, 5.74) is 0. The molecule has 78 valence electrons. The number of aliphatic hydroxyl groups is 1. The van der Waals surface area contributed by atoms with E-state index in [0.717, 1.165) is 0 Å². The van der Waals surface area contributed by atoms with Crippen molar-refractivity contribution in [3.63, 3.8) is 0 Å². The van der Waals surface area contributed by atoms with Crippen LogP contribution in [0.4, 0.5) is 4.79 Å². The van der Waals surface area contributed by atoms with Crippen molar-refractivity contribution in [2.45, 2.75) is 33.2 Å². The van der Waals surface area contributed by atoms with Crippen LogP contribution in [0.15, 0.2) is 0 Å². The average molecular weight is 188 g/mol. The summed E-state index contributed by atoms with van der Waals surface area (Å²) in [6.07, 6.45) is 0.638. The molecule has 0 aromatic rings. The van der Waals surface area contributed by atoms with Crippen molar-refractivity contribution in [2.24, 2.45) is 0 Å². The Morgan fingerprint density at radius 2 is 2.15 bits per heavy atom. The fourth-order valence-electron chi connectivity index (χ4n) is 1.00. The summed E-state index contributed by atoms with van der Waals surface area (Å²) < 4.78 is 0. The summed E-state index contributed by atoms with van der Waals surface area (Å²) in [6.45, 7) is 7.21. The first-order chi connectivity index (χ1) is 6.11. The lowest BCUT2D eigenvalue weighted by Crippen LogP contribution is -2.43. The van der Waals surface area contributed by atoms with Gasteiger partial charge in [-0.15, -0.1) is 0 Å². The Kier molecular flexibility index (Phi) is 6.32. The number of nitrogens with zero attached hydrogens (tertiary/aromatic N) is 1. The van der Waals surface area contributed by atoms with Crippen LogP contribution in [0.1, 0.15) is 27.2 Å². The molecule has 0 unspecified atom stereocenters. The largest absolute Gasteiger partial charge is 0.396 e. The molecule has 0 spiro atoms. The number of hydrogen-bond donors (Lipinski definition) is 2. The fraction of sp³-hybridized carbons (Fsp3) is 0.889. The van der Waals surface area contributed by atoms with Crippen LogP contribution in [0.3, 0.4) is 0 Å². The molecule has 0 saturated carbocycles. The summed E-state index contributed by atoms with van der Waals surface area (Å²) in [6, 6.07) is 0.113. The van der Waals surface area contributed by atoms with Crippen molar-refractivity contribution in [3.8, 4) is 0 Å². The van der Waals surface area contributed by atoms with Gasteiger partial charge in [0.05, 0.1) is 0 Å². The predicted molar refractivity (Wildman–Crippen MR) is 52.6 cm³/mol. The SMILES string of the molecule is CCN(CCCO)C(=O)NC(C)C. The lowest BCUT2D eigenvalue weighted by molar-refractivity contribution is 0.190. The van der Waals surface area contributed by atoms with Gasteiger partial charge in [-0.3, -0.25) is 0 Å². The van der Waals surface area contributed by atoms with Gasteiger partial charge in [-0.1, -0.05) is 0 Å². The van der Waals surface area contributed by atoms with Crippen molar-refractivity contribution in [1.29, 1.82) is 0 Å². The Morgan fingerprint density at radius 1 is 1.54 bits per heavy atom. The average Bonchev–Trinajstić information content (AvgIpc) is 2.04. The predicted octanol–water partition coefficient (Wildman–Crippen LogP) is 0.809. The highest BCUT2D eigenvalue weighted by atomic mass is 16.3. The van der Waals surface area contributed by atoms with Crippen LogP contribution in [0, 0.1) is 0 Å². The van der Waals surface area contributed by atoms with Crippen molar-refractivity contribution >= 4 is 6.03 Å². The monoisotopic (exact) mass is 188 g/mol. The second kappa shape index (κ2) is 6.71. The number of nitrogens with one attached hydrogen (secondary N) is 1. The van der Waals surface area contributed by atoms with E-state index in [-0.39, 0.29) is 18.7 Å². The molecular weight excluding hydrogens is 168 g/mol. The Hall–Kier alpha value is -0.770. The van der Waals surface area contributed by atoms with Gasteiger partial charge in [-0.05, 0) is 27.2 Å². The van der Waals surface area contributed by atoms with E-state index in [2.05, 4.69) is 5.32 Å². The molecule has 4 heteroatoms. The molecule has 0 aliphatic rings. The van der Waals surface area contributed by atoms with Gasteiger partial charge in [0.15, 0.2) is 0 Å². The van der Waals surface area contributed by atoms with Gasteiger partial charge < -0.3 is 15.3 Å². The first-order valence-corrected chi connectivity index (χ1v) is 4.78. The molecule has 0 aliphatic carbocycles. The molecule has 0 atom stereocenters. The van der Waals surface area contributed by atoms with Crippen LogP contribution < -0.4 is 5.32 Å². The Balaban J connectivity index is 3.84. The standard InChI is InChI=1S/C9H20N2O2/c1-4-11(6-5-7-12)9(13)10-8(2)3/h8,12H,4-7H2,1-3H3,(H,10,13). The third-order valence-electron chi connectivity index (χ3n) is 1.67. The maximum atomic E-state index is 11.4. The highest BCUT2D eigenvalue weighted by Crippen LogP contribution is 1.93. The van der Waals surface area contributed by atoms with Crippen LogP contribution in [-0.2, 0) is 0 Å². The number of carbonyl (C=O) groups is 1. The van der Waals surface area contributed by atoms with E-state index in [9.17, 15) is 4.79 Å². The Morgan fingerprint density at radius 3 is 2.54 bits per heavy atom. The first-order valence-electron chi connectivity index (χ1n) is 4.78. The zero-order chi connectivity index (χ0) is 10.3. The first kappa shape index (κ1) is 12.2. The zero-order valence-corrected chi connectivity index (χ0v) is 8.71. The minimum Gasteiger partial charge on any atom is -0.396 e. The number of urea groups is 1. The van der Waals surface area contributed by atoms with E-state index in [1.54, 1.807) is 4.90 Å². The summed E-state index contributed by atoms with van der Waals surface area (Å²) in [7, 11) is 0. The van der Waals surface area contributed by atoms with Crippen LogP contribution in [0.5, 0.6) is 0 Å². The summed E-state index contributed by atoms with van der Waals surface area (Å²) >= 11 is 0. The van der Waals surface area contributed by atoms with Crippen molar-refractivity contribution in [1.82, 2.24) is 10.2 Å². The van der Waals surface area contributed by atoms with Gasteiger partial charge in [0.2, 0.25) is 0 Å². The van der Waals surface area contributed by atoms with Gasteiger partial charge in [-0.25, -0.2) is 4.79 Å². The topological polar surface area (TPSA) is 52.6 Å². The Bertz CT molecular complexity index is 149. The van der Waals surface area contributed by atoms with Crippen LogP contribution in [-0.4, -0.2) is 41.8 Å².